The molecule has 0 aliphatic rings. The van der Waals surface area contributed by atoms with Gasteiger partial charge in [-0.05, 0) is 0 Å². The van der Waals surface area contributed by atoms with Crippen LogP contribution in [0.15, 0.2) is 0 Å². The molecule has 0 aliphatic carbocycles. The Bertz CT molecular complexity index is 63.3. The average Bonchev–Trinajstić information content (AvgIpc) is 2.05. The Morgan fingerprint density at radius 3 is 1.73 bits per heavy atom. The number of hydrogen-bond donors (Lipinski definition) is 0. The van der Waals surface area contributed by atoms with Crippen LogP contribution in [0.25, 0.3) is 0 Å². The molecule has 0 aromatic carbocycles. The summed E-state index contributed by atoms with van der Waals surface area (Å²) in [6.45, 7) is 8.63. The summed E-state index contributed by atoms with van der Waals surface area (Å²) in [5.74, 6) is 0. The van der Waals surface area contributed by atoms with Crippen LogP contribution < -0.4 is 0 Å². The molecule has 0 spiro atoms. The van der Waals surface area contributed by atoms with E-state index in [0.29, 0.717) is 0 Å². The minimum absolute atomic E-state index is 0.359. The fourth-order valence-electron chi connectivity index (χ4n) is 1.42. The fraction of sp³-hybridized carbons (Fsp3) is 0.900. The number of rotatable bonds is 7. The lowest BCUT2D eigenvalue weighted by atomic mass is 10.4. The van der Waals surface area contributed by atoms with Gasteiger partial charge in [0, 0.05) is 8.80 Å². The zero-order chi connectivity index (χ0) is 8.53. The Morgan fingerprint density at radius 1 is 1.00 bits per heavy atom. The lowest BCUT2D eigenvalue weighted by Gasteiger charge is -2.10. The first-order valence-corrected chi connectivity index (χ1v) is 7.59. The van der Waals surface area contributed by atoms with Crippen molar-refractivity contribution in [2.24, 2.45) is 0 Å². The van der Waals surface area contributed by atoms with E-state index in [1.165, 1.54) is 31.7 Å². The Kier molecular flexibility index (Phi) is 8.48. The predicted molar refractivity (Wildman–Crippen MR) is 56.7 cm³/mol. The minimum atomic E-state index is -0.359. The zero-order valence-corrected chi connectivity index (χ0v) is 9.39. The van der Waals surface area contributed by atoms with Gasteiger partial charge in [0.05, 0.1) is 0 Å². The van der Waals surface area contributed by atoms with Crippen LogP contribution in [0.2, 0.25) is 18.1 Å². The molecule has 0 saturated heterocycles. The topological polar surface area (TPSA) is 0 Å². The Morgan fingerprint density at radius 2 is 1.45 bits per heavy atom. The van der Waals surface area contributed by atoms with Gasteiger partial charge in [-0.3, -0.25) is 0 Å². The van der Waals surface area contributed by atoms with Crippen LogP contribution >= 0.6 is 0 Å². The molecule has 0 unspecified atom stereocenters. The first-order valence-electron chi connectivity index (χ1n) is 5.14. The highest BCUT2D eigenvalue weighted by atomic mass is 28.3. The fourth-order valence-corrected chi connectivity index (χ4v) is 4.26. The standard InChI is InChI=1S/C10H23Si/c1-4-7-9-11(6-3)10-8-5-2/h11H,3-10H2,1-2H3. The van der Waals surface area contributed by atoms with E-state index in [9.17, 15) is 0 Å². The molecule has 0 nitrogen and oxygen atoms in total. The molecule has 0 amide bonds. The van der Waals surface area contributed by atoms with Gasteiger partial charge in [-0.15, -0.1) is 0 Å². The molecular formula is C10H23Si. The molecule has 0 aromatic rings. The Hall–Kier alpha value is 0.217. The maximum Gasteiger partial charge on any atom is 0.0367 e. The summed E-state index contributed by atoms with van der Waals surface area (Å²) in [6, 6.07) is 4.36. The molecule has 1 heteroatoms. The van der Waals surface area contributed by atoms with Crippen molar-refractivity contribution in [1.29, 1.82) is 0 Å². The normalized spacial score (nSPS) is 10.9. The Balaban J connectivity index is 3.25. The molecule has 0 N–H and O–H groups in total. The smallest absolute Gasteiger partial charge is 0.0367 e. The SMILES string of the molecule is [CH2]C[SiH](CCCC)CCCC. The van der Waals surface area contributed by atoms with Crippen molar-refractivity contribution in [2.75, 3.05) is 0 Å². The maximum absolute atomic E-state index is 4.05. The summed E-state index contributed by atoms with van der Waals surface area (Å²) in [7, 11) is -0.359. The van der Waals surface area contributed by atoms with Crippen molar-refractivity contribution < 1.29 is 0 Å². The molecule has 0 aromatic heterocycles. The first kappa shape index (κ1) is 11.2. The molecule has 0 saturated carbocycles. The summed E-state index contributed by atoms with van der Waals surface area (Å²) in [6.07, 6.45) is 5.65. The van der Waals surface area contributed by atoms with Gasteiger partial charge in [0.15, 0.2) is 0 Å². The summed E-state index contributed by atoms with van der Waals surface area (Å²) in [5.41, 5.74) is 0. The molecule has 0 rings (SSSR count). The number of hydrogen-bond acceptors (Lipinski definition) is 0. The lowest BCUT2D eigenvalue weighted by Crippen LogP contribution is -2.09. The summed E-state index contributed by atoms with van der Waals surface area (Å²) >= 11 is 0. The van der Waals surface area contributed by atoms with Gasteiger partial charge in [0.25, 0.3) is 0 Å². The van der Waals surface area contributed by atoms with Gasteiger partial charge in [0.2, 0.25) is 0 Å². The van der Waals surface area contributed by atoms with Crippen LogP contribution in [-0.2, 0) is 0 Å². The highest BCUT2D eigenvalue weighted by Gasteiger charge is 2.05. The van der Waals surface area contributed by atoms with Gasteiger partial charge >= 0.3 is 0 Å². The highest BCUT2D eigenvalue weighted by molar-refractivity contribution is 6.58. The summed E-state index contributed by atoms with van der Waals surface area (Å²) in [5, 5.41) is 0. The molecule has 67 valence electrons. The van der Waals surface area contributed by atoms with Gasteiger partial charge in [-0.2, -0.15) is 0 Å². The van der Waals surface area contributed by atoms with Crippen molar-refractivity contribution in [1.82, 2.24) is 0 Å². The van der Waals surface area contributed by atoms with Crippen LogP contribution in [0.5, 0.6) is 0 Å². The van der Waals surface area contributed by atoms with Crippen LogP contribution in [0.4, 0.5) is 0 Å². The second kappa shape index (κ2) is 8.31. The van der Waals surface area contributed by atoms with Crippen molar-refractivity contribution in [3.05, 3.63) is 6.92 Å². The Labute approximate surface area is 74.0 Å². The van der Waals surface area contributed by atoms with Crippen LogP contribution in [0.3, 0.4) is 0 Å². The van der Waals surface area contributed by atoms with E-state index >= 15 is 0 Å². The van der Waals surface area contributed by atoms with Crippen LogP contribution in [0.1, 0.15) is 39.5 Å². The van der Waals surface area contributed by atoms with Gasteiger partial charge < -0.3 is 0 Å². The zero-order valence-electron chi connectivity index (χ0n) is 8.23. The molecule has 0 atom stereocenters. The van der Waals surface area contributed by atoms with Gasteiger partial charge in [0.1, 0.15) is 0 Å². The van der Waals surface area contributed by atoms with E-state index in [1.54, 1.807) is 12.1 Å². The molecule has 0 heterocycles. The van der Waals surface area contributed by atoms with Gasteiger partial charge in [-0.1, -0.05) is 64.6 Å². The van der Waals surface area contributed by atoms with Crippen LogP contribution in [0, 0.1) is 6.92 Å². The lowest BCUT2D eigenvalue weighted by molar-refractivity contribution is 0.839. The third kappa shape index (κ3) is 6.61. The predicted octanol–water partition coefficient (Wildman–Crippen LogP) is 3.65. The van der Waals surface area contributed by atoms with Gasteiger partial charge in [-0.25, -0.2) is 0 Å². The quantitative estimate of drug-likeness (QED) is 0.513. The second-order valence-corrected chi connectivity index (χ2v) is 6.90. The molecule has 1 radical (unpaired) electrons. The van der Waals surface area contributed by atoms with E-state index in [0.717, 1.165) is 0 Å². The average molecular weight is 171 g/mol. The number of unbranched alkanes of at least 4 members (excludes halogenated alkanes) is 2. The monoisotopic (exact) mass is 171 g/mol. The largest absolute Gasteiger partial charge is 0.0654 e. The van der Waals surface area contributed by atoms with Crippen molar-refractivity contribution in [3.8, 4) is 0 Å². The van der Waals surface area contributed by atoms with E-state index in [4.69, 9.17) is 0 Å². The van der Waals surface area contributed by atoms with E-state index < -0.39 is 0 Å². The third-order valence-corrected chi connectivity index (χ3v) is 5.61. The van der Waals surface area contributed by atoms with E-state index in [-0.39, 0.29) is 8.80 Å². The molecule has 11 heavy (non-hydrogen) atoms. The highest BCUT2D eigenvalue weighted by Crippen LogP contribution is 2.12. The van der Waals surface area contributed by atoms with Crippen molar-refractivity contribution in [2.45, 2.75) is 57.7 Å². The molecule has 0 aliphatic heterocycles. The van der Waals surface area contributed by atoms with Crippen molar-refractivity contribution >= 4 is 8.80 Å². The van der Waals surface area contributed by atoms with Crippen LogP contribution in [-0.4, -0.2) is 8.80 Å². The molecule has 0 bridgehead atoms. The van der Waals surface area contributed by atoms with E-state index in [1.807, 2.05) is 0 Å². The van der Waals surface area contributed by atoms with E-state index in [2.05, 4.69) is 20.8 Å². The maximum atomic E-state index is 4.05. The first-order chi connectivity index (χ1) is 5.35. The summed E-state index contributed by atoms with van der Waals surface area (Å²) in [4.78, 5) is 0. The molecule has 0 fully saturated rings. The molecular weight excluding hydrogens is 148 g/mol. The summed E-state index contributed by atoms with van der Waals surface area (Å²) < 4.78 is 0. The van der Waals surface area contributed by atoms with Crippen molar-refractivity contribution in [3.63, 3.8) is 0 Å². The third-order valence-electron chi connectivity index (χ3n) is 2.34. The minimum Gasteiger partial charge on any atom is -0.0654 e. The second-order valence-electron chi connectivity index (χ2n) is 3.44.